The normalized spacial score (nSPS) is 30.6. The average molecular weight is 362 g/mol. The van der Waals surface area contributed by atoms with Crippen LogP contribution in [0.4, 0.5) is 0 Å². The van der Waals surface area contributed by atoms with Gasteiger partial charge in [0.15, 0.2) is 0 Å². The maximum Gasteiger partial charge on any atom is 0.314 e. The minimum absolute atomic E-state index is 0.262. The van der Waals surface area contributed by atoms with Gasteiger partial charge in [-0.3, -0.25) is 4.79 Å². The lowest BCUT2D eigenvalue weighted by Crippen LogP contribution is -2.55. The van der Waals surface area contributed by atoms with Gasteiger partial charge in [0.05, 0.1) is 15.9 Å². The average Bonchev–Trinajstić information content (AvgIpc) is 2.89. The third-order valence-electron chi connectivity index (χ3n) is 4.63. The molecule has 0 aromatic rings. The van der Waals surface area contributed by atoms with Crippen LogP contribution in [0, 0.1) is 5.92 Å². The fourth-order valence-corrected chi connectivity index (χ4v) is 4.08. The van der Waals surface area contributed by atoms with Gasteiger partial charge in [0.25, 0.3) is 0 Å². The lowest BCUT2D eigenvalue weighted by molar-refractivity contribution is -0.160. The highest BCUT2D eigenvalue weighted by molar-refractivity contribution is 6.35. The van der Waals surface area contributed by atoms with Crippen molar-refractivity contribution in [2.24, 2.45) is 5.92 Å². The fraction of sp³-hybridized carbons (Fsp3) is 0.706. The van der Waals surface area contributed by atoms with Gasteiger partial charge in [-0.05, 0) is 26.9 Å². The summed E-state index contributed by atoms with van der Waals surface area (Å²) in [6.45, 7) is 0.879. The summed E-state index contributed by atoms with van der Waals surface area (Å²) in [4.78, 5) is 13.5. The molecule has 0 heterocycles. The first-order chi connectivity index (χ1) is 10.8. The Morgan fingerprint density at radius 2 is 2.04 bits per heavy atom. The number of esters is 1. The molecule has 23 heavy (non-hydrogen) atoms. The molecule has 0 bridgehead atoms. The second-order valence-corrected chi connectivity index (χ2v) is 7.81. The Balaban J connectivity index is 2.24. The SMILES string of the molecule is CN(C)CCOC(=O)C(C1(O)CCCC1)C1(Cl)C=CC=CC1Cl. The minimum atomic E-state index is -1.18. The zero-order chi connectivity index (χ0) is 17.1. The number of alkyl halides is 2. The van der Waals surface area contributed by atoms with E-state index in [1.807, 2.05) is 19.0 Å². The Kier molecular flexibility index (Phi) is 6.17. The molecule has 0 spiro atoms. The molecular formula is C17H25Cl2NO3. The fourth-order valence-electron chi connectivity index (χ4n) is 3.36. The third kappa shape index (κ3) is 4.11. The summed E-state index contributed by atoms with van der Waals surface area (Å²) < 4.78 is 5.42. The van der Waals surface area contributed by atoms with Crippen LogP contribution in [0.3, 0.4) is 0 Å². The number of likely N-dealkylation sites (N-methyl/N-ethyl adjacent to an activating group) is 1. The number of hydrogen-bond acceptors (Lipinski definition) is 4. The second kappa shape index (κ2) is 7.56. The number of carbonyl (C=O) groups excluding carboxylic acids is 1. The molecule has 0 aromatic carbocycles. The largest absolute Gasteiger partial charge is 0.464 e. The van der Waals surface area contributed by atoms with E-state index in [-0.39, 0.29) is 6.61 Å². The van der Waals surface area contributed by atoms with Crippen molar-refractivity contribution >= 4 is 29.2 Å². The van der Waals surface area contributed by atoms with Gasteiger partial charge in [0.1, 0.15) is 12.5 Å². The summed E-state index contributed by atoms with van der Waals surface area (Å²) in [5, 5.41) is 10.5. The van der Waals surface area contributed by atoms with Crippen LogP contribution >= 0.6 is 23.2 Å². The zero-order valence-electron chi connectivity index (χ0n) is 13.7. The van der Waals surface area contributed by atoms with E-state index >= 15 is 0 Å². The molecule has 0 saturated heterocycles. The number of allylic oxidation sites excluding steroid dienone is 4. The zero-order valence-corrected chi connectivity index (χ0v) is 15.2. The van der Waals surface area contributed by atoms with Crippen LogP contribution in [0.15, 0.2) is 24.3 Å². The highest BCUT2D eigenvalue weighted by Gasteiger charge is 2.57. The van der Waals surface area contributed by atoms with Gasteiger partial charge >= 0.3 is 5.97 Å². The standard InChI is InChI=1S/C17H25Cl2NO3/c1-20(2)11-12-23-15(21)14(16(22)8-5-6-9-16)17(19)10-4-3-7-13(17)18/h3-4,7,10,13-14,22H,5-6,8-9,11-12H2,1-2H3. The molecule has 0 aromatic heterocycles. The summed E-state index contributed by atoms with van der Waals surface area (Å²) in [7, 11) is 3.81. The molecule has 1 saturated carbocycles. The van der Waals surface area contributed by atoms with Crippen LogP contribution in [0.2, 0.25) is 0 Å². The van der Waals surface area contributed by atoms with E-state index in [4.69, 9.17) is 27.9 Å². The van der Waals surface area contributed by atoms with E-state index < -0.39 is 27.7 Å². The van der Waals surface area contributed by atoms with E-state index in [1.165, 1.54) is 0 Å². The van der Waals surface area contributed by atoms with Gasteiger partial charge in [-0.25, -0.2) is 0 Å². The Morgan fingerprint density at radius 3 is 2.61 bits per heavy atom. The Morgan fingerprint density at radius 1 is 1.39 bits per heavy atom. The van der Waals surface area contributed by atoms with Crippen molar-refractivity contribution in [1.82, 2.24) is 4.90 Å². The Bertz CT molecular complexity index is 486. The van der Waals surface area contributed by atoms with Gasteiger partial charge in [-0.2, -0.15) is 0 Å². The number of nitrogens with zero attached hydrogens (tertiary/aromatic N) is 1. The van der Waals surface area contributed by atoms with Crippen molar-refractivity contribution < 1.29 is 14.6 Å². The Labute approximate surface area is 148 Å². The number of hydrogen-bond donors (Lipinski definition) is 1. The van der Waals surface area contributed by atoms with Crippen molar-refractivity contribution in [1.29, 1.82) is 0 Å². The van der Waals surface area contributed by atoms with E-state index in [1.54, 1.807) is 24.3 Å². The minimum Gasteiger partial charge on any atom is -0.464 e. The molecule has 2 aliphatic carbocycles. The van der Waals surface area contributed by atoms with Gasteiger partial charge in [0, 0.05) is 6.54 Å². The highest BCUT2D eigenvalue weighted by Crippen LogP contribution is 2.48. The maximum atomic E-state index is 12.8. The molecule has 3 unspecified atom stereocenters. The molecule has 4 nitrogen and oxygen atoms in total. The predicted octanol–water partition coefficient (Wildman–Crippen LogP) is 2.72. The van der Waals surface area contributed by atoms with E-state index in [2.05, 4.69) is 0 Å². The topological polar surface area (TPSA) is 49.8 Å². The summed E-state index contributed by atoms with van der Waals surface area (Å²) in [6, 6.07) is 0. The van der Waals surface area contributed by atoms with Crippen LogP contribution in [0.5, 0.6) is 0 Å². The highest BCUT2D eigenvalue weighted by atomic mass is 35.5. The monoisotopic (exact) mass is 361 g/mol. The van der Waals surface area contributed by atoms with Crippen molar-refractivity contribution in [2.75, 3.05) is 27.2 Å². The van der Waals surface area contributed by atoms with Crippen LogP contribution in [-0.4, -0.2) is 59.1 Å². The summed E-state index contributed by atoms with van der Waals surface area (Å²) in [6.07, 6.45) is 9.84. The third-order valence-corrected chi connectivity index (χ3v) is 5.83. The van der Waals surface area contributed by atoms with E-state index in [0.29, 0.717) is 19.4 Å². The van der Waals surface area contributed by atoms with E-state index in [9.17, 15) is 9.90 Å². The lowest BCUT2D eigenvalue weighted by Gasteiger charge is -2.42. The quantitative estimate of drug-likeness (QED) is 0.583. The summed E-state index contributed by atoms with van der Waals surface area (Å²) in [5.74, 6) is -1.36. The number of aliphatic hydroxyl groups is 1. The first kappa shape index (κ1) is 18.8. The molecule has 0 aliphatic heterocycles. The Hall–Kier alpha value is -0.550. The van der Waals surface area contributed by atoms with Crippen LogP contribution in [0.25, 0.3) is 0 Å². The van der Waals surface area contributed by atoms with Crippen LogP contribution in [-0.2, 0) is 9.53 Å². The summed E-state index contributed by atoms with van der Waals surface area (Å²) >= 11 is 13.1. The van der Waals surface area contributed by atoms with Crippen molar-refractivity contribution in [3.63, 3.8) is 0 Å². The molecule has 6 heteroatoms. The van der Waals surface area contributed by atoms with E-state index in [0.717, 1.165) is 12.8 Å². The molecule has 0 amide bonds. The number of carbonyl (C=O) groups is 1. The summed E-state index contributed by atoms with van der Waals surface area (Å²) in [5.41, 5.74) is -1.17. The number of rotatable bonds is 6. The first-order valence-electron chi connectivity index (χ1n) is 8.02. The molecule has 2 aliphatic rings. The van der Waals surface area contributed by atoms with Gasteiger partial charge in [-0.1, -0.05) is 37.1 Å². The molecule has 1 fully saturated rings. The lowest BCUT2D eigenvalue weighted by atomic mass is 9.73. The predicted molar refractivity (Wildman–Crippen MR) is 92.9 cm³/mol. The van der Waals surface area contributed by atoms with Gasteiger partial charge in [-0.15, -0.1) is 23.2 Å². The van der Waals surface area contributed by atoms with Gasteiger partial charge in [0.2, 0.25) is 0 Å². The number of ether oxygens (including phenoxy) is 1. The molecule has 1 N–H and O–H groups in total. The maximum absolute atomic E-state index is 12.8. The van der Waals surface area contributed by atoms with Crippen molar-refractivity contribution in [3.8, 4) is 0 Å². The molecular weight excluding hydrogens is 337 g/mol. The molecule has 0 radical (unpaired) electrons. The smallest absolute Gasteiger partial charge is 0.314 e. The van der Waals surface area contributed by atoms with Crippen molar-refractivity contribution in [2.45, 2.75) is 41.5 Å². The molecule has 3 atom stereocenters. The van der Waals surface area contributed by atoms with Crippen LogP contribution in [0.1, 0.15) is 25.7 Å². The van der Waals surface area contributed by atoms with Crippen molar-refractivity contribution in [3.05, 3.63) is 24.3 Å². The first-order valence-corrected chi connectivity index (χ1v) is 8.84. The molecule has 2 rings (SSSR count). The molecule has 130 valence electrons. The second-order valence-electron chi connectivity index (χ2n) is 6.69. The van der Waals surface area contributed by atoms with Crippen LogP contribution < -0.4 is 0 Å². The van der Waals surface area contributed by atoms with Gasteiger partial charge < -0.3 is 14.7 Å². The number of halogens is 2.